The van der Waals surface area contributed by atoms with Crippen molar-refractivity contribution >= 4 is 235 Å². The van der Waals surface area contributed by atoms with Crippen LogP contribution in [0.1, 0.15) is 44.5 Å². The van der Waals surface area contributed by atoms with E-state index in [9.17, 15) is 0 Å². The molecule has 0 saturated heterocycles. The molecule has 0 aliphatic heterocycles. The molecule has 0 N–H and O–H groups in total. The minimum Gasteiger partial charge on any atom is -0.301 e. The molecule has 0 atom stereocenters. The summed E-state index contributed by atoms with van der Waals surface area (Å²) in [5.41, 5.74) is 35.0. The van der Waals surface area contributed by atoms with E-state index in [1.165, 1.54) is 323 Å². The summed E-state index contributed by atoms with van der Waals surface area (Å²) >= 11 is 7.59. The summed E-state index contributed by atoms with van der Waals surface area (Å²) in [6.45, 7) is 0. The topological polar surface area (TPSA) is 19.7 Å². The van der Waals surface area contributed by atoms with E-state index in [-0.39, 0.29) is 0 Å². The number of hydrogen-bond donors (Lipinski definition) is 0. The zero-order chi connectivity index (χ0) is 97.3. The molecule has 4 aliphatic carbocycles. The largest absolute Gasteiger partial charge is 0.301 e. The van der Waals surface area contributed by atoms with Crippen LogP contribution in [0.4, 0.5) is 0 Å². The van der Waals surface area contributed by atoms with Crippen molar-refractivity contribution in [3.63, 3.8) is 0 Å². The van der Waals surface area contributed by atoms with E-state index >= 15 is 0 Å². The van der Waals surface area contributed by atoms with E-state index < -0.39 is 10.8 Å². The van der Waals surface area contributed by atoms with Crippen molar-refractivity contribution in [1.82, 2.24) is 18.3 Å². The van der Waals surface area contributed by atoms with E-state index in [0.717, 1.165) is 0 Å². The SMILES string of the molecule is c1ccc2c(c1)-c1ccccc1C21c2ccccc2-c2ccc(-n3c4ccc(-c5ccc6c(c5)c5c7ccccc7sc5n6-c5ccc6c(c5)C5(c7ccccc7-c7ccccc75)c5ccccc5-6)cc4c4c5ccccc5sc43)cc21.c1ccc2c(c1)sc1c2c2cc(-c3ccc4c(c3)c3c5ccccc5sc3n4-c3ccc4c5ccccc5c5ccccc5c4c3)ccc2n1-c1ccc2c3ccccc3c3ccccc3c2c1. The van der Waals surface area contributed by atoms with Crippen molar-refractivity contribution < 1.29 is 0 Å². The van der Waals surface area contributed by atoms with Gasteiger partial charge in [-0.2, -0.15) is 0 Å². The summed E-state index contributed by atoms with van der Waals surface area (Å²) in [6, 6.07) is 184. The maximum absolute atomic E-state index is 2.56. The lowest BCUT2D eigenvalue weighted by Gasteiger charge is -2.30. The number of nitrogens with zero attached hydrogens (tertiary/aromatic N) is 4. The Bertz CT molecular complexity index is 10900. The van der Waals surface area contributed by atoms with Gasteiger partial charge in [-0.25, -0.2) is 0 Å². The van der Waals surface area contributed by atoms with Gasteiger partial charge in [0.25, 0.3) is 0 Å². The van der Waals surface area contributed by atoms with Crippen LogP contribution in [0.3, 0.4) is 0 Å². The van der Waals surface area contributed by atoms with Gasteiger partial charge in [-0.05, 0) is 297 Å². The summed E-state index contributed by atoms with van der Waals surface area (Å²) < 4.78 is 15.4. The molecule has 692 valence electrons. The summed E-state index contributed by atoms with van der Waals surface area (Å²) in [4.78, 5) is 5.09. The molecule has 36 rings (SSSR count). The summed E-state index contributed by atoms with van der Waals surface area (Å²) in [5, 5.41) is 31.1. The molecule has 2 spiro atoms. The molecule has 8 heteroatoms. The maximum Gasteiger partial charge on any atom is 0.109 e. The van der Waals surface area contributed by atoms with Crippen LogP contribution in [0.15, 0.2) is 485 Å². The van der Waals surface area contributed by atoms with E-state index in [1.54, 1.807) is 0 Å². The minimum absolute atomic E-state index is 0.426. The molecule has 8 aromatic heterocycles. The number of fused-ring (bicyclic) bond motifs is 52. The van der Waals surface area contributed by atoms with Crippen LogP contribution in [-0.4, -0.2) is 18.3 Å². The average Bonchev–Trinajstić information content (AvgIpc) is 1.50. The molecule has 150 heavy (non-hydrogen) atoms. The van der Waals surface area contributed by atoms with Gasteiger partial charge in [0.15, 0.2) is 0 Å². The third-order valence-corrected chi connectivity index (χ3v) is 38.9. The number of hydrogen-bond acceptors (Lipinski definition) is 4. The number of aromatic nitrogens is 4. The van der Waals surface area contributed by atoms with Gasteiger partial charge >= 0.3 is 0 Å². The molecular formula is C142H80N4S4. The lowest BCUT2D eigenvalue weighted by atomic mass is 9.70. The maximum atomic E-state index is 2.56. The van der Waals surface area contributed by atoms with Gasteiger partial charge in [-0.3, -0.25) is 0 Å². The summed E-state index contributed by atoms with van der Waals surface area (Å²) in [5.74, 6) is 0. The van der Waals surface area contributed by atoms with Crippen molar-refractivity contribution in [2.24, 2.45) is 0 Å². The second kappa shape index (κ2) is 30.3. The first-order valence-corrected chi connectivity index (χ1v) is 55.1. The van der Waals surface area contributed by atoms with Crippen molar-refractivity contribution in [3.8, 4) is 89.5 Å². The van der Waals surface area contributed by atoms with Crippen molar-refractivity contribution in [2.75, 3.05) is 0 Å². The van der Waals surface area contributed by atoms with Gasteiger partial charge in [-0.1, -0.05) is 364 Å². The Kier molecular flexibility index (Phi) is 16.6. The zero-order valence-electron chi connectivity index (χ0n) is 80.6. The average molecular weight is 1970 g/mol. The normalized spacial score (nSPS) is 13.4. The number of thiophene rings is 4. The Hall–Kier alpha value is -18.1. The van der Waals surface area contributed by atoms with Gasteiger partial charge in [0.1, 0.15) is 19.3 Å². The highest BCUT2D eigenvalue weighted by molar-refractivity contribution is 7.27. The van der Waals surface area contributed by atoms with Crippen LogP contribution in [-0.2, 0) is 10.8 Å². The molecule has 0 radical (unpaired) electrons. The molecule has 0 fully saturated rings. The molecule has 0 unspecified atom stereocenters. The Balaban J connectivity index is 0.000000128. The quantitative estimate of drug-likeness (QED) is 0.148. The van der Waals surface area contributed by atoms with Crippen LogP contribution >= 0.6 is 45.3 Å². The van der Waals surface area contributed by atoms with Crippen LogP contribution in [0.2, 0.25) is 0 Å². The van der Waals surface area contributed by atoms with E-state index in [2.05, 4.69) is 504 Å². The Morgan fingerprint density at radius 1 is 0.133 bits per heavy atom. The molecule has 8 heterocycles. The molecule has 4 nitrogen and oxygen atoms in total. The molecule has 4 aliphatic rings. The Morgan fingerprint density at radius 2 is 0.327 bits per heavy atom. The number of rotatable bonds is 6. The molecular weight excluding hydrogens is 1890 g/mol. The Morgan fingerprint density at radius 3 is 0.580 bits per heavy atom. The highest BCUT2D eigenvalue weighted by Crippen LogP contribution is 2.66. The lowest BCUT2D eigenvalue weighted by molar-refractivity contribution is 0.792. The van der Waals surface area contributed by atoms with Crippen molar-refractivity contribution in [2.45, 2.75) is 10.8 Å². The first-order chi connectivity index (χ1) is 74.4. The molecule has 0 saturated carbocycles. The zero-order valence-corrected chi connectivity index (χ0v) is 83.9. The van der Waals surface area contributed by atoms with Gasteiger partial charge < -0.3 is 18.3 Å². The molecule has 0 bridgehead atoms. The standard InChI is InChI=1S/C78H44N2S2.C64H36N2S2/c1-9-25-61-49(17-1)50-18-2-10-26-62(50)77(61)65-29-13-5-21-53(65)55-37-35-47(43-67(55)77)79-69-39-33-45(41-59(69)73-57-23-7-15-31-71(57)81-75(73)79)46-34-40-70-60(42-46)74-58-24-8-16-32-72(58)82-76(74)80(70)48-36-38-56-54-22-6-14-30-66(54)78(68(56)44-48)63-27-11-3-19-51(63)52-20-4-12-28-64(52)78;1-3-17-45-41(13-1)43-15-5-7-19-47(43)53-35-39(27-29-49(45)53)65-57-31-25-37(33-55(57)61-51-21-9-11-23-59(51)67-63(61)65)38-26-32-58-56(34-38)62-52-22-10-12-24-60(52)68-64(62)66(58)40-28-30-50-46-18-4-2-14-42(46)44-16-6-8-20-48(44)54(50)36-40/h1-44H;1-36H. The van der Waals surface area contributed by atoms with Crippen LogP contribution in [0, 0.1) is 0 Å². The van der Waals surface area contributed by atoms with Gasteiger partial charge in [0, 0.05) is 106 Å². The van der Waals surface area contributed by atoms with Crippen LogP contribution in [0.25, 0.3) is 279 Å². The van der Waals surface area contributed by atoms with Crippen molar-refractivity contribution in [3.05, 3.63) is 530 Å². The van der Waals surface area contributed by atoms with Crippen LogP contribution in [0.5, 0.6) is 0 Å². The molecule has 32 aromatic rings. The summed E-state index contributed by atoms with van der Waals surface area (Å²) in [7, 11) is 0. The van der Waals surface area contributed by atoms with Gasteiger partial charge in [-0.15, -0.1) is 45.3 Å². The monoisotopic (exact) mass is 1970 g/mol. The van der Waals surface area contributed by atoms with Gasteiger partial charge in [0.2, 0.25) is 0 Å². The predicted octanol–water partition coefficient (Wildman–Crippen LogP) is 39.6. The fraction of sp³-hybridized carbons (Fsp3) is 0.0141. The first-order valence-electron chi connectivity index (χ1n) is 51.8. The van der Waals surface area contributed by atoms with E-state index in [0.29, 0.717) is 0 Å². The Labute approximate surface area is 875 Å². The fourth-order valence-corrected chi connectivity index (χ4v) is 33.2. The van der Waals surface area contributed by atoms with Gasteiger partial charge in [0.05, 0.1) is 32.9 Å². The lowest BCUT2D eigenvalue weighted by Crippen LogP contribution is -2.26. The highest BCUT2D eigenvalue weighted by Gasteiger charge is 2.54. The predicted molar refractivity (Wildman–Crippen MR) is 640 cm³/mol. The highest BCUT2D eigenvalue weighted by atomic mass is 32.1. The fourth-order valence-electron chi connectivity index (χ4n) is 28.2. The second-order valence-corrected chi connectivity index (χ2v) is 45.4. The van der Waals surface area contributed by atoms with Crippen LogP contribution < -0.4 is 0 Å². The second-order valence-electron chi connectivity index (χ2n) is 41.3. The summed E-state index contributed by atoms with van der Waals surface area (Å²) in [6.07, 6.45) is 0. The minimum atomic E-state index is -0.426. The third kappa shape index (κ3) is 10.8. The molecule has 0 amide bonds. The molecule has 24 aromatic carbocycles. The number of benzene rings is 24. The first kappa shape index (κ1) is 82.1. The van der Waals surface area contributed by atoms with E-state index in [4.69, 9.17) is 0 Å². The third-order valence-electron chi connectivity index (χ3n) is 34.3. The smallest absolute Gasteiger partial charge is 0.109 e. The van der Waals surface area contributed by atoms with Crippen molar-refractivity contribution in [1.29, 1.82) is 0 Å². The van der Waals surface area contributed by atoms with E-state index in [1.807, 2.05) is 45.3 Å².